The van der Waals surface area contributed by atoms with Gasteiger partial charge in [-0.2, -0.15) is 10.2 Å². The van der Waals surface area contributed by atoms with Crippen molar-refractivity contribution in [1.29, 1.82) is 5.26 Å². The van der Waals surface area contributed by atoms with E-state index >= 15 is 0 Å². The SMILES string of the molecule is Cc1csc(Cc2noc(-c3cc(C#N)c[nH]3)n2)n1. The Bertz CT molecular complexity index is 748. The normalized spacial score (nSPS) is 10.5. The van der Waals surface area contributed by atoms with Gasteiger partial charge in [0.05, 0.1) is 12.0 Å². The van der Waals surface area contributed by atoms with E-state index in [0.717, 1.165) is 10.7 Å². The molecule has 0 bridgehead atoms. The molecule has 0 fully saturated rings. The zero-order valence-corrected chi connectivity index (χ0v) is 10.9. The minimum absolute atomic E-state index is 0.379. The van der Waals surface area contributed by atoms with E-state index in [2.05, 4.69) is 20.1 Å². The van der Waals surface area contributed by atoms with E-state index in [-0.39, 0.29) is 0 Å². The summed E-state index contributed by atoms with van der Waals surface area (Å²) in [5.41, 5.74) is 2.17. The van der Waals surface area contributed by atoms with Gasteiger partial charge in [0.15, 0.2) is 5.82 Å². The molecule has 3 aromatic heterocycles. The fourth-order valence-electron chi connectivity index (χ4n) is 1.64. The summed E-state index contributed by atoms with van der Waals surface area (Å²) in [7, 11) is 0. The van der Waals surface area contributed by atoms with E-state index in [0.29, 0.717) is 29.4 Å². The number of rotatable bonds is 3. The van der Waals surface area contributed by atoms with Crippen molar-refractivity contribution in [3.05, 3.63) is 39.7 Å². The topological polar surface area (TPSA) is 91.4 Å². The van der Waals surface area contributed by atoms with Crippen LogP contribution in [0.1, 0.15) is 22.1 Å². The van der Waals surface area contributed by atoms with Crippen molar-refractivity contribution in [2.45, 2.75) is 13.3 Å². The van der Waals surface area contributed by atoms with Crippen molar-refractivity contribution in [3.8, 4) is 17.7 Å². The second kappa shape index (κ2) is 4.66. The van der Waals surface area contributed by atoms with Crippen LogP contribution in [-0.2, 0) is 6.42 Å². The molecule has 94 valence electrons. The Balaban J connectivity index is 1.81. The van der Waals surface area contributed by atoms with Gasteiger partial charge in [0.1, 0.15) is 16.8 Å². The monoisotopic (exact) mass is 271 g/mol. The summed E-state index contributed by atoms with van der Waals surface area (Å²) in [6, 6.07) is 3.71. The minimum Gasteiger partial charge on any atom is -0.356 e. The number of thiazole rings is 1. The molecule has 7 heteroatoms. The molecule has 0 radical (unpaired) electrons. The maximum atomic E-state index is 8.76. The Kier molecular flexibility index (Phi) is 2.85. The van der Waals surface area contributed by atoms with Crippen LogP contribution in [0, 0.1) is 18.3 Å². The third-order valence-electron chi connectivity index (χ3n) is 2.49. The molecule has 0 aliphatic heterocycles. The quantitative estimate of drug-likeness (QED) is 0.789. The van der Waals surface area contributed by atoms with Crippen LogP contribution in [0.4, 0.5) is 0 Å². The van der Waals surface area contributed by atoms with Crippen LogP contribution in [0.15, 0.2) is 22.2 Å². The second-order valence-electron chi connectivity index (χ2n) is 3.99. The van der Waals surface area contributed by atoms with E-state index in [1.54, 1.807) is 23.6 Å². The van der Waals surface area contributed by atoms with E-state index in [9.17, 15) is 0 Å². The van der Waals surface area contributed by atoms with Gasteiger partial charge < -0.3 is 9.51 Å². The Morgan fingerprint density at radius 2 is 2.37 bits per heavy atom. The highest BCUT2D eigenvalue weighted by Gasteiger charge is 2.12. The van der Waals surface area contributed by atoms with E-state index in [1.807, 2.05) is 18.4 Å². The van der Waals surface area contributed by atoms with Gasteiger partial charge in [0.2, 0.25) is 0 Å². The predicted molar refractivity (Wildman–Crippen MR) is 68.5 cm³/mol. The van der Waals surface area contributed by atoms with E-state index in [1.165, 1.54) is 0 Å². The van der Waals surface area contributed by atoms with Crippen molar-refractivity contribution in [2.24, 2.45) is 0 Å². The van der Waals surface area contributed by atoms with Gasteiger partial charge >= 0.3 is 0 Å². The maximum Gasteiger partial charge on any atom is 0.274 e. The number of nitrogens with one attached hydrogen (secondary N) is 1. The van der Waals surface area contributed by atoms with Crippen molar-refractivity contribution >= 4 is 11.3 Å². The lowest BCUT2D eigenvalue weighted by Crippen LogP contribution is -1.90. The molecule has 3 heterocycles. The van der Waals surface area contributed by atoms with Crippen LogP contribution in [-0.4, -0.2) is 20.1 Å². The number of hydrogen-bond acceptors (Lipinski definition) is 6. The largest absolute Gasteiger partial charge is 0.356 e. The lowest BCUT2D eigenvalue weighted by atomic mass is 10.3. The van der Waals surface area contributed by atoms with Crippen LogP contribution >= 0.6 is 11.3 Å². The molecule has 0 aromatic carbocycles. The van der Waals surface area contributed by atoms with Gasteiger partial charge in [-0.25, -0.2) is 4.98 Å². The molecule has 0 aliphatic rings. The summed E-state index contributed by atoms with van der Waals surface area (Å²) in [4.78, 5) is 11.6. The Hall–Kier alpha value is -2.46. The van der Waals surface area contributed by atoms with Gasteiger partial charge in [-0.3, -0.25) is 0 Å². The molecule has 0 saturated carbocycles. The van der Waals surface area contributed by atoms with Gasteiger partial charge in [-0.1, -0.05) is 5.16 Å². The van der Waals surface area contributed by atoms with E-state index in [4.69, 9.17) is 9.78 Å². The number of aromatic nitrogens is 4. The first-order valence-electron chi connectivity index (χ1n) is 5.57. The van der Waals surface area contributed by atoms with Gasteiger partial charge in [0, 0.05) is 17.3 Å². The highest BCUT2D eigenvalue weighted by atomic mass is 32.1. The average molecular weight is 271 g/mol. The van der Waals surface area contributed by atoms with Gasteiger partial charge in [-0.05, 0) is 13.0 Å². The Morgan fingerprint density at radius 3 is 3.05 bits per heavy atom. The van der Waals surface area contributed by atoms with E-state index < -0.39 is 0 Å². The van der Waals surface area contributed by atoms with Crippen molar-refractivity contribution < 1.29 is 4.52 Å². The number of nitriles is 1. The third-order valence-corrected chi connectivity index (χ3v) is 3.45. The smallest absolute Gasteiger partial charge is 0.274 e. The summed E-state index contributed by atoms with van der Waals surface area (Å²) in [5, 5.41) is 15.6. The molecule has 0 spiro atoms. The summed E-state index contributed by atoms with van der Waals surface area (Å²) in [6.07, 6.45) is 2.15. The third kappa shape index (κ3) is 2.39. The first-order chi connectivity index (χ1) is 9.24. The summed E-state index contributed by atoms with van der Waals surface area (Å²) < 4.78 is 5.16. The standard InChI is InChI=1S/C12H9N5OS/c1-7-6-19-11(15-7)3-10-16-12(18-17-10)9-2-8(4-13)5-14-9/h2,5-6,14H,3H2,1H3. The molecule has 19 heavy (non-hydrogen) atoms. The minimum atomic E-state index is 0.379. The average Bonchev–Trinajstić information content (AvgIpc) is 3.10. The Morgan fingerprint density at radius 1 is 1.47 bits per heavy atom. The van der Waals surface area contributed by atoms with Crippen LogP contribution < -0.4 is 0 Å². The number of aromatic amines is 1. The van der Waals surface area contributed by atoms with Crippen molar-refractivity contribution in [3.63, 3.8) is 0 Å². The van der Waals surface area contributed by atoms with Crippen molar-refractivity contribution in [2.75, 3.05) is 0 Å². The van der Waals surface area contributed by atoms with Crippen molar-refractivity contribution in [1.82, 2.24) is 20.1 Å². The first kappa shape index (κ1) is 11.6. The molecule has 0 amide bonds. The zero-order chi connectivity index (χ0) is 13.2. The fraction of sp³-hybridized carbons (Fsp3) is 0.167. The molecular weight excluding hydrogens is 262 g/mol. The maximum absolute atomic E-state index is 8.76. The number of hydrogen-bond donors (Lipinski definition) is 1. The molecule has 0 saturated heterocycles. The van der Waals surface area contributed by atoms with Crippen LogP contribution in [0.5, 0.6) is 0 Å². The number of H-pyrrole nitrogens is 1. The fourth-order valence-corrected chi connectivity index (χ4v) is 2.41. The molecule has 0 aliphatic carbocycles. The number of nitrogens with zero attached hydrogens (tertiary/aromatic N) is 4. The molecule has 6 nitrogen and oxygen atoms in total. The van der Waals surface area contributed by atoms with Gasteiger partial charge in [-0.15, -0.1) is 11.3 Å². The van der Waals surface area contributed by atoms with Crippen LogP contribution in [0.3, 0.4) is 0 Å². The first-order valence-corrected chi connectivity index (χ1v) is 6.45. The van der Waals surface area contributed by atoms with Crippen LogP contribution in [0.2, 0.25) is 0 Å². The summed E-state index contributed by atoms with van der Waals surface area (Å²) in [6.45, 7) is 1.95. The molecule has 3 aromatic rings. The Labute approximate surface area is 112 Å². The molecule has 3 rings (SSSR count). The van der Waals surface area contributed by atoms with Crippen LogP contribution in [0.25, 0.3) is 11.6 Å². The molecular formula is C12H9N5OS. The van der Waals surface area contributed by atoms with Gasteiger partial charge in [0.25, 0.3) is 5.89 Å². The number of aryl methyl sites for hydroxylation is 1. The highest BCUT2D eigenvalue weighted by Crippen LogP contribution is 2.18. The molecule has 0 atom stereocenters. The second-order valence-corrected chi connectivity index (χ2v) is 4.93. The lowest BCUT2D eigenvalue weighted by molar-refractivity contribution is 0.423. The molecule has 1 N–H and O–H groups in total. The predicted octanol–water partition coefficient (Wildman–Crippen LogP) is 2.29. The lowest BCUT2D eigenvalue weighted by Gasteiger charge is -1.87. The molecule has 0 unspecified atom stereocenters. The highest BCUT2D eigenvalue weighted by molar-refractivity contribution is 7.09. The summed E-state index contributed by atoms with van der Waals surface area (Å²) >= 11 is 1.57. The summed E-state index contributed by atoms with van der Waals surface area (Å²) in [5.74, 6) is 0.960. The zero-order valence-electron chi connectivity index (χ0n) is 10.0.